The Bertz CT molecular complexity index is 350. The molecule has 1 aliphatic carbocycles. The molecule has 1 unspecified atom stereocenters. The third-order valence-electron chi connectivity index (χ3n) is 4.50. The van der Waals surface area contributed by atoms with Crippen LogP contribution in [0.25, 0.3) is 0 Å². The average Bonchev–Trinajstić information content (AvgIpc) is 2.69. The van der Waals surface area contributed by atoms with E-state index in [0.29, 0.717) is 24.4 Å². The standard InChI is InChI=1S/C16H28O4/c1-10(2)12-7-6-11(3)8-13(12)19-15(17)14-9-18-16(4,5)20-14/h10-14H,6-9H2,1-5H3/t11-,12+,13-,14?/m1/s1. The predicted molar refractivity (Wildman–Crippen MR) is 76.1 cm³/mol. The van der Waals surface area contributed by atoms with Crippen molar-refractivity contribution in [2.75, 3.05) is 6.61 Å². The van der Waals surface area contributed by atoms with Crippen LogP contribution in [0.1, 0.15) is 53.9 Å². The zero-order valence-electron chi connectivity index (χ0n) is 13.3. The van der Waals surface area contributed by atoms with Crippen LogP contribution in [0.4, 0.5) is 0 Å². The van der Waals surface area contributed by atoms with Gasteiger partial charge in [0.2, 0.25) is 0 Å². The number of ether oxygens (including phenoxy) is 3. The summed E-state index contributed by atoms with van der Waals surface area (Å²) < 4.78 is 16.8. The second-order valence-corrected chi connectivity index (χ2v) is 7.12. The van der Waals surface area contributed by atoms with E-state index in [0.717, 1.165) is 12.8 Å². The summed E-state index contributed by atoms with van der Waals surface area (Å²) >= 11 is 0. The van der Waals surface area contributed by atoms with Crippen LogP contribution in [0, 0.1) is 17.8 Å². The number of carbonyl (C=O) groups is 1. The van der Waals surface area contributed by atoms with Crippen molar-refractivity contribution in [1.29, 1.82) is 0 Å². The number of rotatable bonds is 3. The summed E-state index contributed by atoms with van der Waals surface area (Å²) in [5.41, 5.74) is 0. The van der Waals surface area contributed by atoms with Gasteiger partial charge in [0.1, 0.15) is 6.10 Å². The lowest BCUT2D eigenvalue weighted by molar-refractivity contribution is -0.179. The van der Waals surface area contributed by atoms with E-state index in [-0.39, 0.29) is 12.1 Å². The molecule has 0 aromatic heterocycles. The van der Waals surface area contributed by atoms with Crippen molar-refractivity contribution >= 4 is 5.97 Å². The van der Waals surface area contributed by atoms with Crippen LogP contribution in [0.5, 0.6) is 0 Å². The molecule has 1 saturated carbocycles. The van der Waals surface area contributed by atoms with Crippen LogP contribution in [-0.4, -0.2) is 30.6 Å². The highest BCUT2D eigenvalue weighted by molar-refractivity contribution is 5.75. The molecule has 0 N–H and O–H groups in total. The first-order valence-electron chi connectivity index (χ1n) is 7.81. The Morgan fingerprint density at radius 1 is 1.30 bits per heavy atom. The van der Waals surface area contributed by atoms with Crippen LogP contribution in [0.2, 0.25) is 0 Å². The summed E-state index contributed by atoms with van der Waals surface area (Å²) in [6, 6.07) is 0. The van der Waals surface area contributed by atoms with E-state index in [2.05, 4.69) is 20.8 Å². The van der Waals surface area contributed by atoms with E-state index < -0.39 is 11.9 Å². The SMILES string of the molecule is CC(C)[C@@H]1CC[C@@H](C)C[C@H]1OC(=O)C1COC(C)(C)O1. The largest absolute Gasteiger partial charge is 0.460 e. The van der Waals surface area contributed by atoms with Crippen molar-refractivity contribution in [3.63, 3.8) is 0 Å². The molecule has 1 aliphatic heterocycles. The third-order valence-corrected chi connectivity index (χ3v) is 4.50. The van der Waals surface area contributed by atoms with Gasteiger partial charge in [-0.25, -0.2) is 4.79 Å². The summed E-state index contributed by atoms with van der Waals surface area (Å²) in [5.74, 6) is 0.685. The molecule has 0 spiro atoms. The molecule has 4 nitrogen and oxygen atoms in total. The number of hydrogen-bond donors (Lipinski definition) is 0. The van der Waals surface area contributed by atoms with Gasteiger partial charge in [-0.1, -0.05) is 27.2 Å². The normalized spacial score (nSPS) is 37.1. The fourth-order valence-electron chi connectivity index (χ4n) is 3.28. The Labute approximate surface area is 122 Å². The fourth-order valence-corrected chi connectivity index (χ4v) is 3.28. The van der Waals surface area contributed by atoms with E-state index in [9.17, 15) is 4.79 Å². The van der Waals surface area contributed by atoms with Crippen molar-refractivity contribution in [3.8, 4) is 0 Å². The Kier molecular flexibility index (Phi) is 4.75. The van der Waals surface area contributed by atoms with Crippen LogP contribution >= 0.6 is 0 Å². The van der Waals surface area contributed by atoms with Crippen LogP contribution < -0.4 is 0 Å². The minimum Gasteiger partial charge on any atom is -0.460 e. The molecule has 2 aliphatic rings. The summed E-state index contributed by atoms with van der Waals surface area (Å²) in [6.45, 7) is 10.6. The van der Waals surface area contributed by atoms with Gasteiger partial charge in [0, 0.05) is 0 Å². The van der Waals surface area contributed by atoms with Crippen molar-refractivity contribution in [3.05, 3.63) is 0 Å². The van der Waals surface area contributed by atoms with Crippen molar-refractivity contribution < 1.29 is 19.0 Å². The summed E-state index contributed by atoms with van der Waals surface area (Å²) in [6.07, 6.45) is 2.79. The molecule has 0 radical (unpaired) electrons. The highest BCUT2D eigenvalue weighted by Crippen LogP contribution is 2.36. The Hall–Kier alpha value is -0.610. The summed E-state index contributed by atoms with van der Waals surface area (Å²) in [5, 5.41) is 0. The van der Waals surface area contributed by atoms with Gasteiger partial charge in [-0.05, 0) is 44.4 Å². The van der Waals surface area contributed by atoms with E-state index in [1.165, 1.54) is 6.42 Å². The van der Waals surface area contributed by atoms with E-state index in [1.807, 2.05) is 13.8 Å². The van der Waals surface area contributed by atoms with Gasteiger partial charge < -0.3 is 14.2 Å². The molecule has 0 bridgehead atoms. The van der Waals surface area contributed by atoms with Crippen LogP contribution in [0.3, 0.4) is 0 Å². The number of carbonyl (C=O) groups excluding carboxylic acids is 1. The van der Waals surface area contributed by atoms with Crippen molar-refractivity contribution in [1.82, 2.24) is 0 Å². The van der Waals surface area contributed by atoms with Gasteiger partial charge in [0.05, 0.1) is 6.61 Å². The lowest BCUT2D eigenvalue weighted by Crippen LogP contribution is -2.39. The molecule has 1 saturated heterocycles. The maximum atomic E-state index is 12.2. The first-order chi connectivity index (χ1) is 9.28. The van der Waals surface area contributed by atoms with Gasteiger partial charge in [-0.3, -0.25) is 0 Å². The molecule has 0 aromatic carbocycles. The smallest absolute Gasteiger partial charge is 0.338 e. The molecule has 1 heterocycles. The molecule has 0 aromatic rings. The van der Waals surface area contributed by atoms with E-state index in [1.54, 1.807) is 0 Å². The van der Waals surface area contributed by atoms with E-state index in [4.69, 9.17) is 14.2 Å². The molecule has 4 atom stereocenters. The second-order valence-electron chi connectivity index (χ2n) is 7.12. The minimum absolute atomic E-state index is 0.0264. The van der Waals surface area contributed by atoms with Gasteiger partial charge in [0.25, 0.3) is 0 Å². The third kappa shape index (κ3) is 3.73. The molecule has 2 rings (SSSR count). The molecule has 2 fully saturated rings. The molecule has 0 amide bonds. The van der Waals surface area contributed by atoms with Gasteiger partial charge in [-0.15, -0.1) is 0 Å². The van der Waals surface area contributed by atoms with Crippen LogP contribution in [-0.2, 0) is 19.0 Å². The quantitative estimate of drug-likeness (QED) is 0.747. The lowest BCUT2D eigenvalue weighted by atomic mass is 9.75. The average molecular weight is 284 g/mol. The molecular formula is C16H28O4. The predicted octanol–water partition coefficient (Wildman–Crippen LogP) is 3.14. The van der Waals surface area contributed by atoms with Crippen molar-refractivity contribution in [2.45, 2.75) is 71.9 Å². The summed E-state index contributed by atoms with van der Waals surface area (Å²) in [7, 11) is 0. The molecule has 116 valence electrons. The lowest BCUT2D eigenvalue weighted by Gasteiger charge is -2.37. The number of esters is 1. The van der Waals surface area contributed by atoms with Gasteiger partial charge >= 0.3 is 5.97 Å². The monoisotopic (exact) mass is 284 g/mol. The number of hydrogen-bond acceptors (Lipinski definition) is 4. The zero-order chi connectivity index (χ0) is 14.9. The fraction of sp³-hybridized carbons (Fsp3) is 0.938. The topological polar surface area (TPSA) is 44.8 Å². The Balaban J connectivity index is 1.94. The first-order valence-corrected chi connectivity index (χ1v) is 7.81. The van der Waals surface area contributed by atoms with Gasteiger partial charge in [-0.2, -0.15) is 0 Å². The first kappa shape index (κ1) is 15.8. The molecule has 20 heavy (non-hydrogen) atoms. The maximum absolute atomic E-state index is 12.2. The minimum atomic E-state index is -0.680. The highest BCUT2D eigenvalue weighted by atomic mass is 16.8. The highest BCUT2D eigenvalue weighted by Gasteiger charge is 2.40. The summed E-state index contributed by atoms with van der Waals surface area (Å²) in [4.78, 5) is 12.2. The van der Waals surface area contributed by atoms with Crippen LogP contribution in [0.15, 0.2) is 0 Å². The Morgan fingerprint density at radius 2 is 2.00 bits per heavy atom. The van der Waals surface area contributed by atoms with Crippen molar-refractivity contribution in [2.24, 2.45) is 17.8 Å². The molecule has 4 heteroatoms. The molecular weight excluding hydrogens is 256 g/mol. The second kappa shape index (κ2) is 6.02. The maximum Gasteiger partial charge on any atom is 0.338 e. The Morgan fingerprint density at radius 3 is 2.55 bits per heavy atom. The zero-order valence-corrected chi connectivity index (χ0v) is 13.3. The van der Waals surface area contributed by atoms with E-state index >= 15 is 0 Å². The van der Waals surface area contributed by atoms with Gasteiger partial charge in [0.15, 0.2) is 11.9 Å².